The molecular weight excluding hydrogens is 208 g/mol. The minimum atomic E-state index is 0.763. The van der Waals surface area contributed by atoms with E-state index in [4.69, 9.17) is 0 Å². The van der Waals surface area contributed by atoms with Crippen molar-refractivity contribution in [2.75, 3.05) is 0 Å². The molecule has 0 amide bonds. The molecule has 2 rings (SSSR count). The molecule has 1 heteroatoms. The first-order chi connectivity index (χ1) is 8.11. The van der Waals surface area contributed by atoms with Crippen molar-refractivity contribution in [1.29, 1.82) is 0 Å². The average Bonchev–Trinajstić information content (AvgIpc) is 2.32. The molecule has 86 valence electrons. The lowest BCUT2D eigenvalue weighted by atomic mass is 9.94. The minimum Gasteiger partial charge on any atom is -0.298 e. The zero-order valence-corrected chi connectivity index (χ0v) is 10.4. The Kier molecular flexibility index (Phi) is 3.10. The van der Waals surface area contributed by atoms with E-state index >= 15 is 0 Å². The van der Waals surface area contributed by atoms with Crippen LogP contribution in [0.3, 0.4) is 0 Å². The van der Waals surface area contributed by atoms with Gasteiger partial charge in [-0.1, -0.05) is 41.5 Å². The fraction of sp³-hybridized carbons (Fsp3) is 0.188. The smallest absolute Gasteiger partial charge is 0.150 e. The summed E-state index contributed by atoms with van der Waals surface area (Å²) in [6, 6.07) is 12.3. The number of carbonyl (C=O) groups excluding carboxylic acids is 1. The molecule has 0 aliphatic heterocycles. The van der Waals surface area contributed by atoms with Gasteiger partial charge in [-0.25, -0.2) is 0 Å². The van der Waals surface area contributed by atoms with Gasteiger partial charge >= 0.3 is 0 Å². The summed E-state index contributed by atoms with van der Waals surface area (Å²) >= 11 is 0. The highest BCUT2D eigenvalue weighted by Crippen LogP contribution is 2.27. The molecule has 0 radical (unpaired) electrons. The lowest BCUT2D eigenvalue weighted by molar-refractivity contribution is 0.112. The van der Waals surface area contributed by atoms with Gasteiger partial charge in [0.05, 0.1) is 0 Å². The number of benzene rings is 2. The highest BCUT2D eigenvalue weighted by Gasteiger charge is 2.07. The van der Waals surface area contributed by atoms with E-state index in [0.29, 0.717) is 0 Å². The van der Waals surface area contributed by atoms with Crippen LogP contribution in [0, 0.1) is 20.8 Å². The number of hydrogen-bond acceptors (Lipinski definition) is 1. The summed E-state index contributed by atoms with van der Waals surface area (Å²) in [6.45, 7) is 6.14. The highest BCUT2D eigenvalue weighted by molar-refractivity contribution is 5.88. The Morgan fingerprint density at radius 2 is 1.47 bits per heavy atom. The molecular formula is C16H16O. The third-order valence-electron chi connectivity index (χ3n) is 3.02. The van der Waals surface area contributed by atoms with Gasteiger partial charge in [0.1, 0.15) is 0 Å². The van der Waals surface area contributed by atoms with Crippen LogP contribution in [0.25, 0.3) is 11.1 Å². The Labute approximate surface area is 102 Å². The normalized spacial score (nSPS) is 10.3. The molecule has 0 heterocycles. The zero-order valence-electron chi connectivity index (χ0n) is 10.4. The van der Waals surface area contributed by atoms with Crippen LogP contribution in [0.2, 0.25) is 0 Å². The molecule has 0 spiro atoms. The minimum absolute atomic E-state index is 0.763. The fourth-order valence-electron chi connectivity index (χ4n) is 2.05. The van der Waals surface area contributed by atoms with Crippen LogP contribution in [-0.2, 0) is 0 Å². The molecule has 2 aromatic rings. The third-order valence-corrected chi connectivity index (χ3v) is 3.02. The molecule has 17 heavy (non-hydrogen) atoms. The fourth-order valence-corrected chi connectivity index (χ4v) is 2.05. The van der Waals surface area contributed by atoms with Gasteiger partial charge in [0.15, 0.2) is 6.29 Å². The Balaban J connectivity index is 2.67. The van der Waals surface area contributed by atoms with Crippen LogP contribution in [0.1, 0.15) is 27.0 Å². The average molecular weight is 224 g/mol. The molecule has 1 nitrogen and oxygen atoms in total. The summed E-state index contributed by atoms with van der Waals surface area (Å²) in [5.41, 5.74) is 6.45. The molecule has 0 aromatic heterocycles. The Morgan fingerprint density at radius 3 is 2.18 bits per heavy atom. The standard InChI is InChI=1S/C16H16O/c1-11-5-7-15(14(8-11)10-17)16-9-12(2)4-6-13(16)3/h4-10H,1-3H3. The van der Waals surface area contributed by atoms with Gasteiger partial charge in [0, 0.05) is 5.56 Å². The monoisotopic (exact) mass is 224 g/mol. The molecule has 0 aliphatic rings. The van der Waals surface area contributed by atoms with E-state index < -0.39 is 0 Å². The second kappa shape index (κ2) is 4.54. The van der Waals surface area contributed by atoms with Crippen molar-refractivity contribution in [3.8, 4) is 11.1 Å². The molecule has 0 unspecified atom stereocenters. The lowest BCUT2D eigenvalue weighted by Gasteiger charge is -2.10. The second-order valence-electron chi connectivity index (χ2n) is 4.53. The van der Waals surface area contributed by atoms with Crippen LogP contribution >= 0.6 is 0 Å². The van der Waals surface area contributed by atoms with Crippen LogP contribution < -0.4 is 0 Å². The van der Waals surface area contributed by atoms with Gasteiger partial charge in [-0.2, -0.15) is 0 Å². The quantitative estimate of drug-likeness (QED) is 0.702. The van der Waals surface area contributed by atoms with E-state index in [0.717, 1.165) is 28.5 Å². The maximum Gasteiger partial charge on any atom is 0.150 e. The Morgan fingerprint density at radius 1 is 0.824 bits per heavy atom. The summed E-state index contributed by atoms with van der Waals surface area (Å²) in [5.74, 6) is 0. The van der Waals surface area contributed by atoms with Crippen LogP contribution in [0.5, 0.6) is 0 Å². The van der Waals surface area contributed by atoms with E-state index in [1.807, 2.05) is 25.1 Å². The SMILES string of the molecule is Cc1ccc(-c2cc(C)ccc2C)c(C=O)c1. The first-order valence-electron chi connectivity index (χ1n) is 5.75. The van der Waals surface area contributed by atoms with Crippen molar-refractivity contribution in [2.45, 2.75) is 20.8 Å². The predicted octanol–water partition coefficient (Wildman–Crippen LogP) is 4.09. The molecule has 0 aliphatic carbocycles. The van der Waals surface area contributed by atoms with Gasteiger partial charge in [-0.3, -0.25) is 4.79 Å². The lowest BCUT2D eigenvalue weighted by Crippen LogP contribution is -1.92. The largest absolute Gasteiger partial charge is 0.298 e. The summed E-state index contributed by atoms with van der Waals surface area (Å²) in [5, 5.41) is 0. The zero-order chi connectivity index (χ0) is 12.4. The van der Waals surface area contributed by atoms with Crippen molar-refractivity contribution < 1.29 is 4.79 Å². The molecule has 0 saturated heterocycles. The van der Waals surface area contributed by atoms with Gasteiger partial charge < -0.3 is 0 Å². The number of rotatable bonds is 2. The molecule has 2 aromatic carbocycles. The third kappa shape index (κ3) is 2.28. The van der Waals surface area contributed by atoms with E-state index in [9.17, 15) is 4.79 Å². The number of hydrogen-bond donors (Lipinski definition) is 0. The van der Waals surface area contributed by atoms with Crippen molar-refractivity contribution in [3.05, 3.63) is 58.7 Å². The van der Waals surface area contributed by atoms with Crippen molar-refractivity contribution in [2.24, 2.45) is 0 Å². The topological polar surface area (TPSA) is 17.1 Å². The first kappa shape index (κ1) is 11.6. The van der Waals surface area contributed by atoms with Gasteiger partial charge in [-0.15, -0.1) is 0 Å². The summed E-state index contributed by atoms with van der Waals surface area (Å²) < 4.78 is 0. The molecule has 0 atom stereocenters. The predicted molar refractivity (Wildman–Crippen MR) is 71.5 cm³/mol. The maximum absolute atomic E-state index is 11.1. The van der Waals surface area contributed by atoms with E-state index in [-0.39, 0.29) is 0 Å². The van der Waals surface area contributed by atoms with E-state index in [1.54, 1.807) is 0 Å². The summed E-state index contributed by atoms with van der Waals surface area (Å²) in [4.78, 5) is 11.1. The number of aryl methyl sites for hydroxylation is 3. The molecule has 0 N–H and O–H groups in total. The Bertz CT molecular complexity index is 568. The van der Waals surface area contributed by atoms with Gasteiger partial charge in [-0.05, 0) is 43.5 Å². The second-order valence-corrected chi connectivity index (χ2v) is 4.53. The molecule has 0 fully saturated rings. The maximum atomic E-state index is 11.1. The van der Waals surface area contributed by atoms with Gasteiger partial charge in [0.2, 0.25) is 0 Å². The van der Waals surface area contributed by atoms with Crippen LogP contribution in [0.4, 0.5) is 0 Å². The Hall–Kier alpha value is -1.89. The van der Waals surface area contributed by atoms with Crippen molar-refractivity contribution in [3.63, 3.8) is 0 Å². The summed E-state index contributed by atoms with van der Waals surface area (Å²) in [7, 11) is 0. The van der Waals surface area contributed by atoms with Crippen LogP contribution in [-0.4, -0.2) is 6.29 Å². The first-order valence-corrected chi connectivity index (χ1v) is 5.75. The van der Waals surface area contributed by atoms with Crippen LogP contribution in [0.15, 0.2) is 36.4 Å². The summed E-state index contributed by atoms with van der Waals surface area (Å²) in [6.07, 6.45) is 0.935. The van der Waals surface area contributed by atoms with Crippen molar-refractivity contribution >= 4 is 6.29 Å². The van der Waals surface area contributed by atoms with Crippen molar-refractivity contribution in [1.82, 2.24) is 0 Å². The van der Waals surface area contributed by atoms with Gasteiger partial charge in [0.25, 0.3) is 0 Å². The highest BCUT2D eigenvalue weighted by atomic mass is 16.1. The van der Waals surface area contributed by atoms with E-state index in [1.165, 1.54) is 11.1 Å². The number of carbonyl (C=O) groups is 1. The number of aldehydes is 1. The molecule has 0 bridgehead atoms. The van der Waals surface area contributed by atoms with E-state index in [2.05, 4.69) is 32.0 Å². The molecule has 0 saturated carbocycles.